The van der Waals surface area contributed by atoms with E-state index in [-0.39, 0.29) is 5.65 Å². The van der Waals surface area contributed by atoms with Crippen LogP contribution in [0.5, 0.6) is 0 Å². The number of aromatic nitrogens is 4. The first-order valence-electron chi connectivity index (χ1n) is 11.0. The summed E-state index contributed by atoms with van der Waals surface area (Å²) in [4.78, 5) is 28.8. The van der Waals surface area contributed by atoms with Crippen LogP contribution in [0.3, 0.4) is 0 Å². The monoisotopic (exact) mass is 447 g/mol. The number of hydrogen-bond acceptors (Lipinski definition) is 6. The van der Waals surface area contributed by atoms with Gasteiger partial charge in [-0.2, -0.15) is 0 Å². The quantitative estimate of drug-likeness (QED) is 0.500. The third-order valence-electron chi connectivity index (χ3n) is 6.13. The molecule has 1 fully saturated rings. The molecule has 0 bridgehead atoms. The van der Waals surface area contributed by atoms with E-state index in [4.69, 9.17) is 0 Å². The average molecular weight is 448 g/mol. The number of carbonyl (C=O) groups is 1. The van der Waals surface area contributed by atoms with Crippen molar-refractivity contribution in [3.05, 3.63) is 59.6 Å². The molecule has 33 heavy (non-hydrogen) atoms. The van der Waals surface area contributed by atoms with Gasteiger partial charge in [0, 0.05) is 60.9 Å². The molecular formula is C24H26FN7O. The number of hydrogen-bond donors (Lipinski definition) is 2. The summed E-state index contributed by atoms with van der Waals surface area (Å²) in [5, 5.41) is 7.14. The summed E-state index contributed by atoms with van der Waals surface area (Å²) in [7, 11) is 0. The van der Waals surface area contributed by atoms with E-state index in [0.717, 1.165) is 35.7 Å². The Kier molecular flexibility index (Phi) is 5.20. The number of fused-ring (bicyclic) bond motifs is 2. The fourth-order valence-corrected chi connectivity index (χ4v) is 4.57. The lowest BCUT2D eigenvalue weighted by atomic mass is 10.1. The number of rotatable bonds is 3. The number of carbonyl (C=O) groups excluding carboxylic acids is 1. The van der Waals surface area contributed by atoms with Crippen molar-refractivity contribution in [2.24, 2.45) is 0 Å². The largest absolute Gasteiger partial charge is 0.353 e. The van der Waals surface area contributed by atoms with Gasteiger partial charge in [-0.05, 0) is 39.8 Å². The van der Waals surface area contributed by atoms with Gasteiger partial charge in [0.05, 0.1) is 22.5 Å². The molecule has 2 N–H and O–H groups in total. The van der Waals surface area contributed by atoms with Crippen LogP contribution in [0.1, 0.15) is 35.6 Å². The van der Waals surface area contributed by atoms with Gasteiger partial charge in [0.15, 0.2) is 11.5 Å². The minimum absolute atomic E-state index is 0.237. The van der Waals surface area contributed by atoms with E-state index >= 15 is 0 Å². The number of nitrogens with one attached hydrogen (secondary N) is 2. The number of piperazine rings is 1. The molecule has 4 aromatic heterocycles. The van der Waals surface area contributed by atoms with Gasteiger partial charge in [-0.1, -0.05) is 0 Å². The van der Waals surface area contributed by atoms with Crippen LogP contribution in [0, 0.1) is 19.7 Å². The second kappa shape index (κ2) is 8.08. The van der Waals surface area contributed by atoms with Gasteiger partial charge in [-0.25, -0.2) is 14.4 Å². The van der Waals surface area contributed by atoms with Crippen molar-refractivity contribution < 1.29 is 9.18 Å². The first kappa shape index (κ1) is 21.3. The normalized spacial score (nSPS) is 18.8. The molecule has 2 atom stereocenters. The third kappa shape index (κ3) is 3.78. The molecule has 1 aliphatic rings. The lowest BCUT2D eigenvalue weighted by Crippen LogP contribution is -2.54. The molecule has 1 saturated heterocycles. The molecule has 5 heterocycles. The predicted octanol–water partition coefficient (Wildman–Crippen LogP) is 3.47. The van der Waals surface area contributed by atoms with Crippen molar-refractivity contribution in [1.29, 1.82) is 0 Å². The maximum atomic E-state index is 14.6. The molecule has 1 amide bonds. The van der Waals surface area contributed by atoms with Gasteiger partial charge in [0.2, 0.25) is 0 Å². The van der Waals surface area contributed by atoms with Crippen LogP contribution < -0.4 is 15.5 Å². The summed E-state index contributed by atoms with van der Waals surface area (Å²) >= 11 is 0. The molecular weight excluding hydrogens is 421 g/mol. The smallest absolute Gasteiger partial charge is 0.259 e. The summed E-state index contributed by atoms with van der Waals surface area (Å²) < 4.78 is 16.2. The van der Waals surface area contributed by atoms with Crippen molar-refractivity contribution in [2.45, 2.75) is 39.8 Å². The molecule has 1 aliphatic heterocycles. The summed E-state index contributed by atoms with van der Waals surface area (Å²) in [6, 6.07) is 5.70. The van der Waals surface area contributed by atoms with Crippen molar-refractivity contribution in [3.8, 4) is 0 Å². The van der Waals surface area contributed by atoms with Crippen LogP contribution in [0.4, 0.5) is 15.9 Å². The Morgan fingerprint density at radius 1 is 1.21 bits per heavy atom. The van der Waals surface area contributed by atoms with Crippen LogP contribution in [-0.2, 0) is 0 Å². The van der Waals surface area contributed by atoms with Gasteiger partial charge in [0.1, 0.15) is 5.82 Å². The zero-order valence-corrected chi connectivity index (χ0v) is 19.1. The molecule has 0 radical (unpaired) electrons. The summed E-state index contributed by atoms with van der Waals surface area (Å²) in [6.07, 6.45) is 4.89. The van der Waals surface area contributed by atoms with Gasteiger partial charge in [-0.15, -0.1) is 0 Å². The Balaban J connectivity index is 1.51. The number of pyridine rings is 3. The highest BCUT2D eigenvalue weighted by molar-refractivity contribution is 6.13. The maximum Gasteiger partial charge on any atom is 0.259 e. The first-order chi connectivity index (χ1) is 15.8. The van der Waals surface area contributed by atoms with Gasteiger partial charge >= 0.3 is 0 Å². The molecule has 9 heteroatoms. The van der Waals surface area contributed by atoms with Crippen LogP contribution >= 0.6 is 0 Å². The second-order valence-electron chi connectivity index (χ2n) is 8.78. The van der Waals surface area contributed by atoms with E-state index in [0.29, 0.717) is 28.9 Å². The Bertz CT molecular complexity index is 1370. The minimum Gasteiger partial charge on any atom is -0.353 e. The van der Waals surface area contributed by atoms with E-state index in [1.807, 2.05) is 26.0 Å². The van der Waals surface area contributed by atoms with Crippen LogP contribution in [0.2, 0.25) is 0 Å². The van der Waals surface area contributed by atoms with E-state index in [2.05, 4.69) is 44.3 Å². The number of amides is 1. The van der Waals surface area contributed by atoms with Crippen LogP contribution in [0.25, 0.3) is 16.6 Å². The van der Waals surface area contributed by atoms with Crippen LogP contribution in [-0.4, -0.2) is 50.4 Å². The van der Waals surface area contributed by atoms with E-state index < -0.39 is 11.7 Å². The minimum atomic E-state index is -0.498. The summed E-state index contributed by atoms with van der Waals surface area (Å²) in [5.74, 6) is -0.0812. The fraction of sp³-hybridized carbons (Fsp3) is 0.333. The predicted molar refractivity (Wildman–Crippen MR) is 126 cm³/mol. The Morgan fingerprint density at radius 2 is 1.97 bits per heavy atom. The first-order valence-corrected chi connectivity index (χ1v) is 11.0. The van der Waals surface area contributed by atoms with Crippen molar-refractivity contribution in [2.75, 3.05) is 23.3 Å². The fourth-order valence-electron chi connectivity index (χ4n) is 4.57. The average Bonchev–Trinajstić information content (AvgIpc) is 3.06. The van der Waals surface area contributed by atoms with Crippen molar-refractivity contribution in [1.82, 2.24) is 24.7 Å². The topological polar surface area (TPSA) is 87.5 Å². The number of imidazole rings is 1. The lowest BCUT2D eigenvalue weighted by Gasteiger charge is -2.37. The Labute approximate surface area is 190 Å². The SMILES string of the molecule is Cc1nc2c(F)cc(NC(=O)c3cnc(N4CC(C)NC(C)C4)c4cccnc34)cn2c1C. The zero-order chi connectivity index (χ0) is 23.3. The molecule has 5 rings (SSSR count). The lowest BCUT2D eigenvalue weighted by molar-refractivity contribution is 0.102. The summed E-state index contributed by atoms with van der Waals surface area (Å²) in [6.45, 7) is 9.60. The number of halogens is 1. The molecule has 170 valence electrons. The van der Waals surface area contributed by atoms with E-state index in [1.165, 1.54) is 6.07 Å². The Hall–Kier alpha value is -3.59. The molecule has 2 unspecified atom stereocenters. The molecule has 0 saturated carbocycles. The number of nitrogens with zero attached hydrogens (tertiary/aromatic N) is 5. The van der Waals surface area contributed by atoms with Crippen molar-refractivity contribution in [3.63, 3.8) is 0 Å². The van der Waals surface area contributed by atoms with Gasteiger partial charge < -0.3 is 15.5 Å². The highest BCUT2D eigenvalue weighted by Crippen LogP contribution is 2.28. The Morgan fingerprint density at radius 3 is 2.73 bits per heavy atom. The van der Waals surface area contributed by atoms with E-state index in [1.54, 1.807) is 23.0 Å². The molecule has 0 aromatic carbocycles. The van der Waals surface area contributed by atoms with Crippen molar-refractivity contribution >= 4 is 34.0 Å². The van der Waals surface area contributed by atoms with Gasteiger partial charge in [-0.3, -0.25) is 14.2 Å². The zero-order valence-electron chi connectivity index (χ0n) is 19.1. The van der Waals surface area contributed by atoms with Crippen LogP contribution in [0.15, 0.2) is 36.8 Å². The highest BCUT2D eigenvalue weighted by Gasteiger charge is 2.25. The number of anilines is 2. The number of aryl methyl sites for hydroxylation is 2. The molecule has 4 aromatic rings. The summed E-state index contributed by atoms with van der Waals surface area (Å²) in [5.41, 5.74) is 3.03. The standard InChI is InChI=1S/C24H26FN7O/c1-13-10-31(11-14(2)28-13)22-18-6-5-7-26-21(18)19(9-27-22)24(33)30-17-8-20(25)23-29-15(3)16(4)32(23)12-17/h5-9,12-14,28H,10-11H2,1-4H3,(H,30,33). The maximum absolute atomic E-state index is 14.6. The third-order valence-corrected chi connectivity index (χ3v) is 6.13. The second-order valence-corrected chi connectivity index (χ2v) is 8.78. The molecule has 8 nitrogen and oxygen atoms in total. The molecule has 0 aliphatic carbocycles. The highest BCUT2D eigenvalue weighted by atomic mass is 19.1. The van der Waals surface area contributed by atoms with Gasteiger partial charge in [0.25, 0.3) is 5.91 Å². The van der Waals surface area contributed by atoms with E-state index in [9.17, 15) is 9.18 Å². The molecule has 0 spiro atoms.